The average Bonchev–Trinajstić information content (AvgIpc) is 1.95. The lowest BCUT2D eigenvalue weighted by molar-refractivity contribution is -0.0293. The number of piperidine rings is 2. The first-order chi connectivity index (χ1) is 7.22. The Morgan fingerprint density at radius 2 is 1.94 bits per heavy atom. The molecule has 0 aromatic heterocycles. The molecule has 1 aliphatic carbocycles. The summed E-state index contributed by atoms with van der Waals surface area (Å²) in [4.78, 5) is 11.7. The first-order valence-electron chi connectivity index (χ1n) is 5.94. The molecule has 0 unspecified atom stereocenters. The maximum absolute atomic E-state index is 11.7. The molecule has 4 heteroatoms. The Morgan fingerprint density at radius 3 is 2.44 bits per heavy atom. The normalized spacial score (nSPS) is 37.5. The first kappa shape index (κ1) is 11.7. The van der Waals surface area contributed by atoms with Crippen molar-refractivity contribution in [1.82, 2.24) is 10.6 Å². The van der Waals surface area contributed by atoms with Gasteiger partial charge in [0.25, 0.3) is 0 Å². The van der Waals surface area contributed by atoms with Crippen molar-refractivity contribution in [2.45, 2.75) is 51.7 Å². The van der Waals surface area contributed by atoms with Crippen LogP contribution >= 0.6 is 0 Å². The van der Waals surface area contributed by atoms with Gasteiger partial charge in [-0.05, 0) is 39.0 Å². The van der Waals surface area contributed by atoms with Crippen molar-refractivity contribution in [3.05, 3.63) is 0 Å². The molecule has 2 saturated heterocycles. The zero-order chi connectivity index (χ0) is 12.0. The SMILES string of the molecule is CC12CNCC(NC(=O)OC(C)(C)C)(C1)C2. The van der Waals surface area contributed by atoms with E-state index in [1.807, 2.05) is 20.8 Å². The molecular weight excluding hydrogens is 204 g/mol. The van der Waals surface area contributed by atoms with E-state index >= 15 is 0 Å². The van der Waals surface area contributed by atoms with Gasteiger partial charge in [0.05, 0.1) is 5.54 Å². The highest BCUT2D eigenvalue weighted by atomic mass is 16.6. The lowest BCUT2D eigenvalue weighted by Gasteiger charge is -2.59. The second kappa shape index (κ2) is 3.36. The van der Waals surface area contributed by atoms with Crippen molar-refractivity contribution in [3.63, 3.8) is 0 Å². The Balaban J connectivity index is 1.89. The number of hydrogen-bond donors (Lipinski definition) is 2. The number of rotatable bonds is 1. The largest absolute Gasteiger partial charge is 0.444 e. The summed E-state index contributed by atoms with van der Waals surface area (Å²) in [6, 6.07) is 0. The molecule has 3 aliphatic rings. The molecule has 4 nitrogen and oxygen atoms in total. The molecule has 0 aromatic carbocycles. The van der Waals surface area contributed by atoms with E-state index in [0.29, 0.717) is 5.41 Å². The minimum atomic E-state index is -0.421. The fourth-order valence-corrected chi connectivity index (χ4v) is 3.09. The second-order valence-electron chi connectivity index (χ2n) is 6.67. The summed E-state index contributed by atoms with van der Waals surface area (Å²) in [6.07, 6.45) is 1.83. The van der Waals surface area contributed by atoms with E-state index in [4.69, 9.17) is 4.74 Å². The third kappa shape index (κ3) is 2.32. The van der Waals surface area contributed by atoms with Gasteiger partial charge in [-0.25, -0.2) is 4.79 Å². The quantitative estimate of drug-likeness (QED) is 0.715. The minimum absolute atomic E-state index is 0.0602. The molecule has 16 heavy (non-hydrogen) atoms. The highest BCUT2D eigenvalue weighted by Crippen LogP contribution is 2.50. The number of fused-ring (bicyclic) bond motifs is 2. The summed E-state index contributed by atoms with van der Waals surface area (Å²) in [5.74, 6) is 0. The van der Waals surface area contributed by atoms with Crippen molar-refractivity contribution in [3.8, 4) is 0 Å². The smallest absolute Gasteiger partial charge is 0.408 e. The molecule has 2 heterocycles. The Labute approximate surface area is 97.1 Å². The van der Waals surface area contributed by atoms with Gasteiger partial charge in [-0.15, -0.1) is 0 Å². The van der Waals surface area contributed by atoms with Crippen molar-refractivity contribution >= 4 is 6.09 Å². The van der Waals surface area contributed by atoms with E-state index in [2.05, 4.69) is 17.6 Å². The van der Waals surface area contributed by atoms with Crippen LogP contribution in [0.25, 0.3) is 0 Å². The molecule has 1 amide bonds. The number of carbonyl (C=O) groups excluding carboxylic acids is 1. The predicted octanol–water partition coefficient (Wildman–Crippen LogP) is 1.65. The summed E-state index contributed by atoms with van der Waals surface area (Å²) in [7, 11) is 0. The number of amides is 1. The molecule has 92 valence electrons. The van der Waals surface area contributed by atoms with Crippen LogP contribution < -0.4 is 10.6 Å². The second-order valence-corrected chi connectivity index (χ2v) is 6.67. The van der Waals surface area contributed by atoms with Crippen LogP contribution in [0.1, 0.15) is 40.5 Å². The first-order valence-corrected chi connectivity index (χ1v) is 5.94. The predicted molar refractivity (Wildman–Crippen MR) is 62.3 cm³/mol. The van der Waals surface area contributed by atoms with Crippen LogP contribution in [0.5, 0.6) is 0 Å². The summed E-state index contributed by atoms with van der Waals surface area (Å²) < 4.78 is 5.29. The van der Waals surface area contributed by atoms with Crippen LogP contribution in [0.15, 0.2) is 0 Å². The maximum atomic E-state index is 11.7. The molecule has 3 fully saturated rings. The zero-order valence-corrected chi connectivity index (χ0v) is 10.6. The summed E-state index contributed by atoms with van der Waals surface area (Å²) in [5.41, 5.74) is -0.113. The van der Waals surface area contributed by atoms with Crippen LogP contribution in [0.4, 0.5) is 4.79 Å². The number of alkyl carbamates (subject to hydrolysis) is 1. The number of nitrogens with one attached hydrogen (secondary N) is 2. The summed E-state index contributed by atoms with van der Waals surface area (Å²) >= 11 is 0. The van der Waals surface area contributed by atoms with Crippen LogP contribution in [0.2, 0.25) is 0 Å². The van der Waals surface area contributed by atoms with Crippen LogP contribution in [0.3, 0.4) is 0 Å². The number of carbonyl (C=O) groups is 1. The molecule has 0 spiro atoms. The third-order valence-electron chi connectivity index (χ3n) is 3.31. The third-order valence-corrected chi connectivity index (χ3v) is 3.31. The lowest BCUT2D eigenvalue weighted by Crippen LogP contribution is -2.72. The molecule has 0 aromatic rings. The lowest BCUT2D eigenvalue weighted by atomic mass is 9.56. The Hall–Kier alpha value is -0.770. The van der Waals surface area contributed by atoms with Gasteiger partial charge in [-0.3, -0.25) is 0 Å². The maximum Gasteiger partial charge on any atom is 0.408 e. The highest BCUT2D eigenvalue weighted by Gasteiger charge is 2.55. The fraction of sp³-hybridized carbons (Fsp3) is 0.917. The van der Waals surface area contributed by atoms with Gasteiger partial charge in [-0.2, -0.15) is 0 Å². The fourth-order valence-electron chi connectivity index (χ4n) is 3.09. The molecule has 3 rings (SSSR count). The Morgan fingerprint density at radius 1 is 1.31 bits per heavy atom. The molecule has 0 atom stereocenters. The molecule has 2 N–H and O–H groups in total. The molecular formula is C12H22N2O2. The van der Waals surface area contributed by atoms with Gasteiger partial charge in [0, 0.05) is 13.1 Å². The molecule has 2 bridgehead atoms. The topological polar surface area (TPSA) is 50.4 Å². The monoisotopic (exact) mass is 226 g/mol. The van der Waals surface area contributed by atoms with Crippen LogP contribution in [-0.4, -0.2) is 30.3 Å². The van der Waals surface area contributed by atoms with E-state index in [1.54, 1.807) is 0 Å². The van der Waals surface area contributed by atoms with Gasteiger partial charge >= 0.3 is 6.09 Å². The number of hydrogen-bond acceptors (Lipinski definition) is 3. The van der Waals surface area contributed by atoms with Gasteiger partial charge in [0.2, 0.25) is 0 Å². The van der Waals surface area contributed by atoms with Gasteiger partial charge in [0.15, 0.2) is 0 Å². The van der Waals surface area contributed by atoms with E-state index < -0.39 is 5.60 Å². The minimum Gasteiger partial charge on any atom is -0.444 e. The van der Waals surface area contributed by atoms with Gasteiger partial charge in [-0.1, -0.05) is 6.92 Å². The Bertz CT molecular complexity index is 301. The van der Waals surface area contributed by atoms with Gasteiger partial charge in [0.1, 0.15) is 5.60 Å². The zero-order valence-electron chi connectivity index (χ0n) is 10.6. The van der Waals surface area contributed by atoms with Crippen LogP contribution in [-0.2, 0) is 4.74 Å². The molecule has 1 saturated carbocycles. The van der Waals surface area contributed by atoms with E-state index in [0.717, 1.165) is 25.9 Å². The Kier molecular flexibility index (Phi) is 2.46. The van der Waals surface area contributed by atoms with Crippen molar-refractivity contribution in [2.24, 2.45) is 5.41 Å². The van der Waals surface area contributed by atoms with E-state index in [-0.39, 0.29) is 11.6 Å². The summed E-state index contributed by atoms with van der Waals surface area (Å²) in [5, 5.41) is 6.38. The average molecular weight is 226 g/mol. The summed E-state index contributed by atoms with van der Waals surface area (Å²) in [6.45, 7) is 9.83. The van der Waals surface area contributed by atoms with Crippen molar-refractivity contribution in [1.29, 1.82) is 0 Å². The van der Waals surface area contributed by atoms with E-state index in [1.165, 1.54) is 0 Å². The van der Waals surface area contributed by atoms with Crippen LogP contribution in [0, 0.1) is 5.41 Å². The standard InChI is InChI=1S/C12H22N2O2/c1-10(2,3)16-9(15)14-12-5-11(4,6-12)7-13-8-12/h13H,5-8H2,1-4H3,(H,14,15). The van der Waals surface area contributed by atoms with Crippen molar-refractivity contribution in [2.75, 3.05) is 13.1 Å². The van der Waals surface area contributed by atoms with E-state index in [9.17, 15) is 4.79 Å². The van der Waals surface area contributed by atoms with Crippen molar-refractivity contribution < 1.29 is 9.53 Å². The van der Waals surface area contributed by atoms with Gasteiger partial charge < -0.3 is 15.4 Å². The highest BCUT2D eigenvalue weighted by molar-refractivity contribution is 5.69. The molecule has 2 aliphatic heterocycles. The molecule has 0 radical (unpaired) electrons. The number of ether oxygens (including phenoxy) is 1.